The topological polar surface area (TPSA) is 174 Å². The molecular weight excluding hydrogens is 723 g/mol. The van der Waals surface area contributed by atoms with E-state index in [0.717, 1.165) is 63.0 Å². The predicted octanol–water partition coefficient (Wildman–Crippen LogP) is 7.10. The van der Waals surface area contributed by atoms with E-state index in [2.05, 4.69) is 52.4 Å². The number of likely N-dealkylation sites (N-methyl/N-ethyl adjacent to an activating group) is 3. The summed E-state index contributed by atoms with van der Waals surface area (Å²) in [6, 6.07) is 18.1. The summed E-state index contributed by atoms with van der Waals surface area (Å²) in [7, 11) is 4.47. The average molecular weight is 778 g/mol. The molecule has 0 bridgehead atoms. The number of carbonyl (C=O) groups excluding carboxylic acids is 4. The number of H-pyrrole nitrogens is 2. The second kappa shape index (κ2) is 16.7. The third kappa shape index (κ3) is 8.03. The smallest absolute Gasteiger partial charge is 0.409 e. The standard InChI is InChI=1S/C43H55N9O5/c1-10-51(40(53)37(25(4)5)50(8)43(56)57-9)26(6)38-45-31-19-17-29(22-33(31)47-38)27-13-15-28(16-14-27)30-18-20-32-34(23-30)48-39(46-32)35-12-11-21-52(35)41(54)36(24(2)3)49(7)42(44)55/h13-20,22-26,35-37H,10-12,21H2,1-9H3,(H2,44,55)(H,45,47)(H,46,48). The Morgan fingerprint density at radius 2 is 1.35 bits per heavy atom. The molecule has 1 aliphatic rings. The van der Waals surface area contributed by atoms with Gasteiger partial charge in [-0.25, -0.2) is 19.6 Å². The summed E-state index contributed by atoms with van der Waals surface area (Å²) in [4.78, 5) is 74.8. The van der Waals surface area contributed by atoms with E-state index in [0.29, 0.717) is 18.9 Å². The van der Waals surface area contributed by atoms with Crippen LogP contribution in [-0.4, -0.2) is 110 Å². The number of ether oxygens (including phenoxy) is 1. The highest BCUT2D eigenvalue weighted by molar-refractivity contribution is 5.89. The van der Waals surface area contributed by atoms with Gasteiger partial charge in [0.05, 0.1) is 41.3 Å². The lowest BCUT2D eigenvalue weighted by atomic mass is 10.00. The fraction of sp³-hybridized carbons (Fsp3) is 0.442. The van der Waals surface area contributed by atoms with Crippen molar-refractivity contribution in [3.8, 4) is 22.3 Å². The Labute approximate surface area is 333 Å². The van der Waals surface area contributed by atoms with Crippen molar-refractivity contribution < 1.29 is 23.9 Å². The summed E-state index contributed by atoms with van der Waals surface area (Å²) >= 11 is 0. The number of aromatic amines is 2. The van der Waals surface area contributed by atoms with E-state index in [4.69, 9.17) is 20.4 Å². The molecule has 3 heterocycles. The zero-order chi connectivity index (χ0) is 41.3. The zero-order valence-electron chi connectivity index (χ0n) is 34.4. The molecule has 1 fully saturated rings. The first-order valence-corrected chi connectivity index (χ1v) is 19.7. The summed E-state index contributed by atoms with van der Waals surface area (Å²) < 4.78 is 4.90. The van der Waals surface area contributed by atoms with Crippen molar-refractivity contribution in [2.45, 2.75) is 78.6 Å². The molecular formula is C43H55N9O5. The molecule has 302 valence electrons. The number of primary amides is 1. The van der Waals surface area contributed by atoms with Crippen molar-refractivity contribution in [2.24, 2.45) is 17.6 Å². The molecule has 1 aliphatic heterocycles. The summed E-state index contributed by atoms with van der Waals surface area (Å²) in [5.74, 6) is 0.894. The minimum absolute atomic E-state index is 0.0980. The summed E-state index contributed by atoms with van der Waals surface area (Å²) in [5, 5.41) is 0. The van der Waals surface area contributed by atoms with Crippen LogP contribution in [0.4, 0.5) is 9.59 Å². The van der Waals surface area contributed by atoms with Gasteiger partial charge in [-0.15, -0.1) is 0 Å². The maximum atomic E-state index is 13.8. The number of urea groups is 1. The zero-order valence-corrected chi connectivity index (χ0v) is 34.4. The number of benzene rings is 3. The summed E-state index contributed by atoms with van der Waals surface area (Å²) in [6.07, 6.45) is 1.07. The number of hydrogen-bond acceptors (Lipinski definition) is 7. The molecule has 4 unspecified atom stereocenters. The first-order valence-electron chi connectivity index (χ1n) is 19.7. The fourth-order valence-electron chi connectivity index (χ4n) is 8.24. The Morgan fingerprint density at radius 3 is 1.88 bits per heavy atom. The number of likely N-dealkylation sites (tertiary alicyclic amines) is 1. The monoisotopic (exact) mass is 777 g/mol. The normalized spacial score (nSPS) is 15.9. The van der Waals surface area contributed by atoms with Gasteiger partial charge in [0.1, 0.15) is 23.7 Å². The number of fused-ring (bicyclic) bond motifs is 2. The maximum absolute atomic E-state index is 13.8. The predicted molar refractivity (Wildman–Crippen MR) is 221 cm³/mol. The number of carbonyl (C=O) groups is 4. The number of amides is 5. The number of nitrogens with two attached hydrogens (primary N) is 1. The van der Waals surface area contributed by atoms with Crippen LogP contribution in [0.1, 0.15) is 78.1 Å². The molecule has 6 rings (SSSR count). The molecule has 5 amide bonds. The fourth-order valence-corrected chi connectivity index (χ4v) is 8.24. The van der Waals surface area contributed by atoms with Crippen LogP contribution in [0, 0.1) is 11.8 Å². The van der Waals surface area contributed by atoms with Gasteiger partial charge in [0.2, 0.25) is 11.8 Å². The highest BCUT2D eigenvalue weighted by Gasteiger charge is 2.39. The lowest BCUT2D eigenvalue weighted by Gasteiger charge is -2.35. The maximum Gasteiger partial charge on any atom is 0.409 e. The number of nitrogens with one attached hydrogen (secondary N) is 2. The molecule has 1 saturated heterocycles. The van der Waals surface area contributed by atoms with Gasteiger partial charge in [0, 0.05) is 27.2 Å². The van der Waals surface area contributed by atoms with Crippen LogP contribution >= 0.6 is 0 Å². The van der Waals surface area contributed by atoms with Crippen LogP contribution in [0.5, 0.6) is 0 Å². The molecule has 0 radical (unpaired) electrons. The SMILES string of the molecule is CCN(C(=O)C(C(C)C)N(C)C(=O)OC)C(C)c1nc2ccc(-c3ccc(-c4ccc5nc(C6CCCN6C(=O)C(C(C)C)N(C)C(N)=O)[nH]c5c4)cc3)cc2[nH]1. The number of hydrogen-bond donors (Lipinski definition) is 3. The van der Waals surface area contributed by atoms with Gasteiger partial charge in [0.25, 0.3) is 0 Å². The molecule has 14 nitrogen and oxygen atoms in total. The van der Waals surface area contributed by atoms with Gasteiger partial charge < -0.3 is 35.1 Å². The van der Waals surface area contributed by atoms with Gasteiger partial charge in [-0.3, -0.25) is 14.5 Å². The van der Waals surface area contributed by atoms with Crippen molar-refractivity contribution in [3.05, 3.63) is 72.3 Å². The van der Waals surface area contributed by atoms with E-state index in [9.17, 15) is 19.2 Å². The van der Waals surface area contributed by atoms with Gasteiger partial charge in [-0.2, -0.15) is 0 Å². The number of nitrogens with zero attached hydrogens (tertiary/aromatic N) is 6. The Bertz CT molecular complexity index is 2260. The number of imidazole rings is 2. The van der Waals surface area contributed by atoms with Gasteiger partial charge in [0.15, 0.2) is 0 Å². The van der Waals surface area contributed by atoms with E-state index >= 15 is 0 Å². The van der Waals surface area contributed by atoms with Crippen LogP contribution in [0.2, 0.25) is 0 Å². The van der Waals surface area contributed by atoms with Crippen LogP contribution in [0.15, 0.2) is 60.7 Å². The third-order valence-electron chi connectivity index (χ3n) is 11.3. The number of methoxy groups -OCH3 is 1. The van der Waals surface area contributed by atoms with Crippen LogP contribution in [0.25, 0.3) is 44.3 Å². The largest absolute Gasteiger partial charge is 0.453 e. The highest BCUT2D eigenvalue weighted by Crippen LogP contribution is 2.35. The van der Waals surface area contributed by atoms with E-state index in [1.807, 2.05) is 64.6 Å². The number of aromatic nitrogens is 4. The Kier molecular flexibility index (Phi) is 11.9. The molecule has 0 saturated carbocycles. The second-order valence-corrected chi connectivity index (χ2v) is 15.7. The Balaban J connectivity index is 1.19. The van der Waals surface area contributed by atoms with Gasteiger partial charge in [-0.05, 0) is 85.0 Å². The van der Waals surface area contributed by atoms with E-state index in [-0.39, 0.29) is 35.7 Å². The van der Waals surface area contributed by atoms with Crippen molar-refractivity contribution >= 4 is 46.0 Å². The van der Waals surface area contributed by atoms with Crippen LogP contribution in [0.3, 0.4) is 0 Å². The van der Waals surface area contributed by atoms with Gasteiger partial charge >= 0.3 is 12.1 Å². The van der Waals surface area contributed by atoms with Crippen LogP contribution < -0.4 is 5.73 Å². The molecule has 4 N–H and O–H groups in total. The molecule has 14 heteroatoms. The average Bonchev–Trinajstić information content (AvgIpc) is 3.95. The van der Waals surface area contributed by atoms with E-state index in [1.165, 1.54) is 16.9 Å². The molecule has 3 aromatic carbocycles. The van der Waals surface area contributed by atoms with Crippen molar-refractivity contribution in [2.75, 3.05) is 34.3 Å². The van der Waals surface area contributed by atoms with Gasteiger partial charge in [-0.1, -0.05) is 64.1 Å². The molecule has 2 aromatic heterocycles. The highest BCUT2D eigenvalue weighted by atomic mass is 16.5. The minimum Gasteiger partial charge on any atom is -0.453 e. The molecule has 4 atom stereocenters. The minimum atomic E-state index is -0.681. The molecule has 0 spiro atoms. The van der Waals surface area contributed by atoms with E-state index < -0.39 is 24.2 Å². The van der Waals surface area contributed by atoms with Crippen molar-refractivity contribution in [1.82, 2.24) is 39.5 Å². The van der Waals surface area contributed by atoms with Crippen molar-refractivity contribution in [1.29, 1.82) is 0 Å². The van der Waals surface area contributed by atoms with Crippen molar-refractivity contribution in [3.63, 3.8) is 0 Å². The third-order valence-corrected chi connectivity index (χ3v) is 11.3. The Morgan fingerprint density at radius 1 is 0.807 bits per heavy atom. The van der Waals surface area contributed by atoms with E-state index in [1.54, 1.807) is 19.0 Å². The Hall–Kier alpha value is -5.92. The lowest BCUT2D eigenvalue weighted by Crippen LogP contribution is -2.53. The first kappa shape index (κ1) is 40.7. The quantitative estimate of drug-likeness (QED) is 0.121. The number of rotatable bonds is 12. The first-order chi connectivity index (χ1) is 27.1. The molecule has 5 aromatic rings. The summed E-state index contributed by atoms with van der Waals surface area (Å²) in [5.41, 5.74) is 13.1. The van der Waals surface area contributed by atoms with Crippen LogP contribution in [-0.2, 0) is 14.3 Å². The lowest BCUT2D eigenvalue weighted by molar-refractivity contribution is -0.140. The second-order valence-electron chi connectivity index (χ2n) is 15.7. The summed E-state index contributed by atoms with van der Waals surface area (Å²) in [6.45, 7) is 12.6. The molecule has 0 aliphatic carbocycles. The molecule has 57 heavy (non-hydrogen) atoms.